The average Bonchev–Trinajstić information content (AvgIpc) is 2.69. The molecule has 0 bridgehead atoms. The Bertz CT molecular complexity index is 447. The van der Waals surface area contributed by atoms with E-state index in [1.807, 2.05) is 0 Å². The van der Waals surface area contributed by atoms with Crippen LogP contribution >= 0.6 is 27.7 Å². The molecular formula is C10H7BrFNOS. The smallest absolute Gasteiger partial charge is 0.255 e. The van der Waals surface area contributed by atoms with Gasteiger partial charge in [0.15, 0.2) is 0 Å². The molecule has 5 heteroatoms. The third kappa shape index (κ3) is 2.82. The monoisotopic (exact) mass is 287 g/mol. The van der Waals surface area contributed by atoms with E-state index in [4.69, 9.17) is 4.42 Å². The lowest BCUT2D eigenvalue weighted by Gasteiger charge is -2.01. The summed E-state index contributed by atoms with van der Waals surface area (Å²) in [5.74, 6) is 0.452. The minimum absolute atomic E-state index is 0.244. The molecule has 0 unspecified atom stereocenters. The molecule has 0 spiro atoms. The molecule has 15 heavy (non-hydrogen) atoms. The van der Waals surface area contributed by atoms with Crippen molar-refractivity contribution in [3.8, 4) is 0 Å². The van der Waals surface area contributed by atoms with Gasteiger partial charge in [0, 0.05) is 10.2 Å². The number of aromatic nitrogens is 1. The molecular weight excluding hydrogens is 281 g/mol. The van der Waals surface area contributed by atoms with Gasteiger partial charge in [-0.25, -0.2) is 9.37 Å². The molecule has 0 fully saturated rings. The van der Waals surface area contributed by atoms with Crippen molar-refractivity contribution in [2.75, 3.05) is 0 Å². The number of thioether (sulfide) groups is 1. The third-order valence-electron chi connectivity index (χ3n) is 1.78. The van der Waals surface area contributed by atoms with Gasteiger partial charge in [0.05, 0.1) is 6.20 Å². The Labute approximate surface area is 99.0 Å². The normalized spacial score (nSPS) is 10.5. The van der Waals surface area contributed by atoms with Gasteiger partial charge in [-0.15, -0.1) is 0 Å². The second-order valence-corrected chi connectivity index (χ2v) is 4.60. The Morgan fingerprint density at radius 3 is 3.00 bits per heavy atom. The summed E-state index contributed by atoms with van der Waals surface area (Å²) >= 11 is 4.78. The van der Waals surface area contributed by atoms with Crippen molar-refractivity contribution in [2.24, 2.45) is 0 Å². The Hall–Kier alpha value is -0.810. The van der Waals surface area contributed by atoms with E-state index in [1.165, 1.54) is 30.2 Å². The minimum atomic E-state index is -0.244. The number of benzene rings is 1. The first-order valence-electron chi connectivity index (χ1n) is 4.22. The summed E-state index contributed by atoms with van der Waals surface area (Å²) in [6.45, 7) is 0. The van der Waals surface area contributed by atoms with Crippen molar-refractivity contribution < 1.29 is 8.81 Å². The van der Waals surface area contributed by atoms with Crippen LogP contribution in [0.2, 0.25) is 0 Å². The molecule has 2 aromatic rings. The molecule has 1 heterocycles. The van der Waals surface area contributed by atoms with Gasteiger partial charge in [-0.3, -0.25) is 0 Å². The fourth-order valence-corrected chi connectivity index (χ4v) is 2.53. The third-order valence-corrected chi connectivity index (χ3v) is 3.42. The van der Waals surface area contributed by atoms with Gasteiger partial charge in [0.2, 0.25) is 0 Å². The quantitative estimate of drug-likeness (QED) is 0.802. The highest BCUT2D eigenvalue weighted by molar-refractivity contribution is 9.10. The maximum Gasteiger partial charge on any atom is 0.255 e. The van der Waals surface area contributed by atoms with Crippen LogP contribution < -0.4 is 0 Å². The molecule has 78 valence electrons. The number of nitrogens with zero attached hydrogens (tertiary/aromatic N) is 1. The van der Waals surface area contributed by atoms with Crippen LogP contribution in [0.5, 0.6) is 0 Å². The van der Waals surface area contributed by atoms with Crippen LogP contribution in [0.4, 0.5) is 4.39 Å². The second kappa shape index (κ2) is 4.81. The zero-order chi connectivity index (χ0) is 10.7. The minimum Gasteiger partial charge on any atom is -0.440 e. The van der Waals surface area contributed by atoms with Crippen LogP contribution in [0, 0.1) is 5.82 Å². The van der Waals surface area contributed by atoms with Crippen molar-refractivity contribution >= 4 is 27.7 Å². The summed E-state index contributed by atoms with van der Waals surface area (Å²) in [5, 5.41) is 0.617. The van der Waals surface area contributed by atoms with Gasteiger partial charge in [0.25, 0.3) is 5.22 Å². The number of halogens is 2. The van der Waals surface area contributed by atoms with Crippen LogP contribution in [0.25, 0.3) is 0 Å². The van der Waals surface area contributed by atoms with Crippen LogP contribution in [0.3, 0.4) is 0 Å². The molecule has 0 radical (unpaired) electrons. The molecule has 0 amide bonds. The summed E-state index contributed by atoms with van der Waals surface area (Å²) in [6, 6.07) is 4.64. The SMILES string of the molecule is Fc1ccc(CSc2ncco2)c(Br)c1. The van der Waals surface area contributed by atoms with Crippen molar-refractivity contribution in [3.05, 3.63) is 46.5 Å². The van der Waals surface area contributed by atoms with Crippen molar-refractivity contribution in [2.45, 2.75) is 11.0 Å². The van der Waals surface area contributed by atoms with E-state index in [-0.39, 0.29) is 5.82 Å². The Balaban J connectivity index is 2.05. The van der Waals surface area contributed by atoms with E-state index in [0.717, 1.165) is 10.0 Å². The maximum absolute atomic E-state index is 12.8. The predicted octanol–water partition coefficient (Wildman–Crippen LogP) is 3.87. The van der Waals surface area contributed by atoms with E-state index in [9.17, 15) is 4.39 Å². The topological polar surface area (TPSA) is 26.0 Å². The number of rotatable bonds is 3. The van der Waals surface area contributed by atoms with Crippen LogP contribution in [0.15, 0.2) is 44.8 Å². The lowest BCUT2D eigenvalue weighted by molar-refractivity contribution is 0.454. The summed E-state index contributed by atoms with van der Waals surface area (Å²) in [4.78, 5) is 3.99. The summed E-state index contributed by atoms with van der Waals surface area (Å²) < 4.78 is 18.6. The van der Waals surface area contributed by atoms with Gasteiger partial charge < -0.3 is 4.42 Å². The highest BCUT2D eigenvalue weighted by atomic mass is 79.9. The first kappa shape index (κ1) is 10.7. The van der Waals surface area contributed by atoms with Gasteiger partial charge in [-0.1, -0.05) is 33.8 Å². The number of hydrogen-bond donors (Lipinski definition) is 0. The molecule has 1 aromatic carbocycles. The first-order chi connectivity index (χ1) is 7.25. The molecule has 0 atom stereocenters. The lowest BCUT2D eigenvalue weighted by Crippen LogP contribution is -1.84. The van der Waals surface area contributed by atoms with Crippen LogP contribution in [-0.4, -0.2) is 4.98 Å². The van der Waals surface area contributed by atoms with Crippen molar-refractivity contribution in [1.82, 2.24) is 4.98 Å². The summed E-state index contributed by atoms with van der Waals surface area (Å²) in [7, 11) is 0. The molecule has 0 aliphatic carbocycles. The molecule has 0 aliphatic rings. The van der Waals surface area contributed by atoms with E-state index in [0.29, 0.717) is 11.0 Å². The lowest BCUT2D eigenvalue weighted by atomic mass is 10.2. The Kier molecular flexibility index (Phi) is 3.43. The molecule has 0 N–H and O–H groups in total. The van der Waals surface area contributed by atoms with E-state index in [1.54, 1.807) is 12.3 Å². The van der Waals surface area contributed by atoms with Crippen molar-refractivity contribution in [3.63, 3.8) is 0 Å². The second-order valence-electron chi connectivity index (χ2n) is 2.82. The molecule has 1 aromatic heterocycles. The molecule has 2 rings (SSSR count). The fourth-order valence-electron chi connectivity index (χ4n) is 1.06. The predicted molar refractivity (Wildman–Crippen MR) is 60.2 cm³/mol. The standard InChI is InChI=1S/C10H7BrFNOS/c11-9-5-8(12)2-1-7(9)6-15-10-13-3-4-14-10/h1-5H,6H2. The van der Waals surface area contributed by atoms with Crippen molar-refractivity contribution in [1.29, 1.82) is 0 Å². The van der Waals surface area contributed by atoms with Gasteiger partial charge >= 0.3 is 0 Å². The van der Waals surface area contributed by atoms with Gasteiger partial charge in [-0.2, -0.15) is 0 Å². The maximum atomic E-state index is 12.8. The molecule has 2 nitrogen and oxygen atoms in total. The van der Waals surface area contributed by atoms with E-state index >= 15 is 0 Å². The van der Waals surface area contributed by atoms with Gasteiger partial charge in [-0.05, 0) is 17.7 Å². The molecule has 0 saturated carbocycles. The van der Waals surface area contributed by atoms with Crippen LogP contribution in [-0.2, 0) is 5.75 Å². The Morgan fingerprint density at radius 2 is 2.33 bits per heavy atom. The Morgan fingerprint density at radius 1 is 1.47 bits per heavy atom. The van der Waals surface area contributed by atoms with Gasteiger partial charge in [0.1, 0.15) is 12.1 Å². The fraction of sp³-hybridized carbons (Fsp3) is 0.100. The molecule has 0 saturated heterocycles. The zero-order valence-corrected chi connectivity index (χ0v) is 10.0. The van der Waals surface area contributed by atoms with E-state index < -0.39 is 0 Å². The summed E-state index contributed by atoms with van der Waals surface area (Å²) in [6.07, 6.45) is 3.13. The number of oxazole rings is 1. The number of hydrogen-bond acceptors (Lipinski definition) is 3. The van der Waals surface area contributed by atoms with Crippen LogP contribution in [0.1, 0.15) is 5.56 Å². The zero-order valence-electron chi connectivity index (χ0n) is 7.61. The first-order valence-corrected chi connectivity index (χ1v) is 6.00. The summed E-state index contributed by atoms with van der Waals surface area (Å²) in [5.41, 5.74) is 1.01. The highest BCUT2D eigenvalue weighted by Crippen LogP contribution is 2.26. The van der Waals surface area contributed by atoms with E-state index in [2.05, 4.69) is 20.9 Å². The molecule has 0 aliphatic heterocycles. The highest BCUT2D eigenvalue weighted by Gasteiger charge is 2.04. The largest absolute Gasteiger partial charge is 0.440 e. The average molecular weight is 288 g/mol.